The maximum atomic E-state index is 6.19. The average Bonchev–Trinajstić information content (AvgIpc) is 2.49. The van der Waals surface area contributed by atoms with Crippen LogP contribution in [-0.2, 0) is 0 Å². The Hall–Kier alpha value is -0.460. The highest BCUT2D eigenvalue weighted by Gasteiger charge is 2.17. The molecule has 0 saturated heterocycles. The van der Waals surface area contributed by atoms with Crippen LogP contribution in [0.4, 0.5) is 0 Å². The van der Waals surface area contributed by atoms with Crippen LogP contribution in [0.15, 0.2) is 36.4 Å². The highest BCUT2D eigenvalue weighted by molar-refractivity contribution is 14.1. The third-order valence-corrected chi connectivity index (χ3v) is 5.72. The lowest BCUT2D eigenvalue weighted by atomic mass is 10.0. The number of hydrogen-bond donors (Lipinski definition) is 0. The van der Waals surface area contributed by atoms with Crippen molar-refractivity contribution in [2.75, 3.05) is 13.2 Å². The first-order valence-electron chi connectivity index (χ1n) is 6.14. The Morgan fingerprint density at radius 3 is 2.40 bits per heavy atom. The van der Waals surface area contributed by atoms with Gasteiger partial charge in [-0.1, -0.05) is 39.7 Å². The van der Waals surface area contributed by atoms with E-state index in [9.17, 15) is 0 Å². The molecule has 0 N–H and O–H groups in total. The van der Waals surface area contributed by atoms with Crippen molar-refractivity contribution in [2.24, 2.45) is 0 Å². The van der Waals surface area contributed by atoms with Crippen molar-refractivity contribution in [3.05, 3.63) is 56.1 Å². The topological polar surface area (TPSA) is 18.5 Å². The van der Waals surface area contributed by atoms with E-state index in [1.807, 2.05) is 30.3 Å². The van der Waals surface area contributed by atoms with E-state index in [-0.39, 0.29) is 4.83 Å². The van der Waals surface area contributed by atoms with Crippen LogP contribution in [0, 0.1) is 3.57 Å². The minimum absolute atomic E-state index is 0.0767. The van der Waals surface area contributed by atoms with Crippen molar-refractivity contribution in [3.8, 4) is 11.5 Å². The normalized spacial score (nSPS) is 14.9. The van der Waals surface area contributed by atoms with Crippen LogP contribution >= 0.6 is 50.1 Å². The van der Waals surface area contributed by atoms with Crippen molar-refractivity contribution in [2.45, 2.75) is 4.83 Å². The first kappa shape index (κ1) is 14.5. The van der Waals surface area contributed by atoms with Crippen LogP contribution in [0.3, 0.4) is 0 Å². The molecule has 0 spiro atoms. The molecule has 0 aliphatic carbocycles. The van der Waals surface area contributed by atoms with Crippen molar-refractivity contribution >= 4 is 50.1 Å². The molecular formula is C15H11BrClIO2. The Balaban J connectivity index is 1.93. The fraction of sp³-hybridized carbons (Fsp3) is 0.200. The molecule has 0 radical (unpaired) electrons. The van der Waals surface area contributed by atoms with Crippen LogP contribution in [0.5, 0.6) is 11.5 Å². The monoisotopic (exact) mass is 464 g/mol. The molecule has 0 bridgehead atoms. The largest absolute Gasteiger partial charge is 0.486 e. The van der Waals surface area contributed by atoms with Gasteiger partial charge in [-0.25, -0.2) is 0 Å². The lowest BCUT2D eigenvalue weighted by Gasteiger charge is -2.20. The maximum Gasteiger partial charge on any atom is 0.161 e. The van der Waals surface area contributed by atoms with E-state index in [1.165, 1.54) is 0 Å². The zero-order valence-electron chi connectivity index (χ0n) is 10.4. The molecule has 20 heavy (non-hydrogen) atoms. The predicted octanol–water partition coefficient (Wildman–Crippen LogP) is 5.20. The van der Waals surface area contributed by atoms with Gasteiger partial charge in [0, 0.05) is 3.57 Å². The summed E-state index contributed by atoms with van der Waals surface area (Å²) in [6, 6.07) is 12.1. The van der Waals surface area contributed by atoms with Gasteiger partial charge in [-0.3, -0.25) is 0 Å². The molecule has 2 aromatic rings. The van der Waals surface area contributed by atoms with E-state index in [0.29, 0.717) is 13.2 Å². The van der Waals surface area contributed by atoms with Gasteiger partial charge >= 0.3 is 0 Å². The molecule has 2 nitrogen and oxygen atoms in total. The molecule has 1 aliphatic rings. The molecule has 1 atom stereocenters. The molecule has 0 saturated carbocycles. The van der Waals surface area contributed by atoms with E-state index >= 15 is 0 Å². The first-order valence-corrected chi connectivity index (χ1v) is 8.51. The summed E-state index contributed by atoms with van der Waals surface area (Å²) in [7, 11) is 0. The van der Waals surface area contributed by atoms with Crippen molar-refractivity contribution in [1.29, 1.82) is 0 Å². The van der Waals surface area contributed by atoms with Gasteiger partial charge < -0.3 is 9.47 Å². The zero-order valence-corrected chi connectivity index (χ0v) is 14.9. The summed E-state index contributed by atoms with van der Waals surface area (Å²) in [5.41, 5.74) is 2.23. The van der Waals surface area contributed by atoms with Gasteiger partial charge in [0.05, 0.1) is 9.85 Å². The molecule has 3 rings (SSSR count). The molecule has 0 amide bonds. The molecule has 2 aromatic carbocycles. The van der Waals surface area contributed by atoms with Gasteiger partial charge in [0.15, 0.2) is 11.5 Å². The van der Waals surface area contributed by atoms with Crippen LogP contribution < -0.4 is 9.47 Å². The minimum Gasteiger partial charge on any atom is -0.486 e. The molecule has 0 aromatic heterocycles. The second-order valence-corrected chi connectivity index (χ2v) is 6.92. The number of hydrogen-bond acceptors (Lipinski definition) is 2. The van der Waals surface area contributed by atoms with Crippen LogP contribution in [0.25, 0.3) is 0 Å². The Morgan fingerprint density at radius 2 is 1.65 bits per heavy atom. The summed E-state index contributed by atoms with van der Waals surface area (Å²) in [6.07, 6.45) is 0. The maximum absolute atomic E-state index is 6.19. The van der Waals surface area contributed by atoms with Gasteiger partial charge in [0.25, 0.3) is 0 Å². The predicted molar refractivity (Wildman–Crippen MR) is 92.4 cm³/mol. The molecule has 1 unspecified atom stereocenters. The number of ether oxygens (including phenoxy) is 2. The minimum atomic E-state index is 0.0767. The SMILES string of the molecule is Clc1cc(C(Br)c2ccc3c(c2)OCCO3)ccc1I. The van der Waals surface area contributed by atoms with E-state index in [2.05, 4.69) is 44.6 Å². The summed E-state index contributed by atoms with van der Waals surface area (Å²) in [5.74, 6) is 1.61. The Bertz CT molecular complexity index is 648. The average molecular weight is 466 g/mol. The number of fused-ring (bicyclic) bond motifs is 1. The lowest BCUT2D eigenvalue weighted by molar-refractivity contribution is 0.171. The Kier molecular flexibility index (Phi) is 4.43. The third kappa shape index (κ3) is 2.92. The highest BCUT2D eigenvalue weighted by atomic mass is 127. The quantitative estimate of drug-likeness (QED) is 0.448. The summed E-state index contributed by atoms with van der Waals surface area (Å²) < 4.78 is 12.2. The number of rotatable bonds is 2. The smallest absolute Gasteiger partial charge is 0.161 e. The molecule has 5 heteroatoms. The zero-order chi connectivity index (χ0) is 14.1. The van der Waals surface area contributed by atoms with Gasteiger partial charge in [-0.05, 0) is 58.0 Å². The molecular weight excluding hydrogens is 454 g/mol. The highest BCUT2D eigenvalue weighted by Crippen LogP contribution is 2.38. The van der Waals surface area contributed by atoms with Crippen LogP contribution in [0.2, 0.25) is 5.02 Å². The summed E-state index contributed by atoms with van der Waals surface area (Å²) in [4.78, 5) is 0.0767. The van der Waals surface area contributed by atoms with Crippen LogP contribution in [0.1, 0.15) is 16.0 Å². The van der Waals surface area contributed by atoms with Crippen LogP contribution in [-0.4, -0.2) is 13.2 Å². The molecule has 1 heterocycles. The first-order chi connectivity index (χ1) is 9.65. The van der Waals surface area contributed by atoms with E-state index < -0.39 is 0 Å². The summed E-state index contributed by atoms with van der Waals surface area (Å²) in [6.45, 7) is 1.20. The number of alkyl halides is 1. The third-order valence-electron chi connectivity index (χ3n) is 3.10. The Labute approximate surface area is 144 Å². The van der Waals surface area contributed by atoms with Crippen molar-refractivity contribution < 1.29 is 9.47 Å². The standard InChI is InChI=1S/C15H11BrClIO2/c16-15(9-1-3-12(18)11(17)7-9)10-2-4-13-14(8-10)20-6-5-19-13/h1-4,7-8,15H,5-6H2. The summed E-state index contributed by atoms with van der Waals surface area (Å²) >= 11 is 12.1. The van der Waals surface area contributed by atoms with Gasteiger partial charge in [0.2, 0.25) is 0 Å². The van der Waals surface area contributed by atoms with Crippen molar-refractivity contribution in [3.63, 3.8) is 0 Å². The fourth-order valence-corrected chi connectivity index (χ4v) is 3.17. The number of halogens is 3. The van der Waals surface area contributed by atoms with Gasteiger partial charge in [0.1, 0.15) is 13.2 Å². The van der Waals surface area contributed by atoms with E-state index in [1.54, 1.807) is 0 Å². The molecule has 104 valence electrons. The molecule has 0 fully saturated rings. The number of benzene rings is 2. The fourth-order valence-electron chi connectivity index (χ4n) is 2.08. The second kappa shape index (κ2) is 6.12. The summed E-state index contributed by atoms with van der Waals surface area (Å²) in [5, 5.41) is 0.769. The van der Waals surface area contributed by atoms with E-state index in [0.717, 1.165) is 31.2 Å². The van der Waals surface area contributed by atoms with E-state index in [4.69, 9.17) is 21.1 Å². The lowest BCUT2D eigenvalue weighted by Crippen LogP contribution is -2.15. The second-order valence-electron chi connectivity index (χ2n) is 4.44. The molecule has 1 aliphatic heterocycles. The van der Waals surface area contributed by atoms with Crippen molar-refractivity contribution in [1.82, 2.24) is 0 Å². The Morgan fingerprint density at radius 1 is 1.00 bits per heavy atom. The van der Waals surface area contributed by atoms with Gasteiger partial charge in [-0.2, -0.15) is 0 Å². The van der Waals surface area contributed by atoms with Gasteiger partial charge in [-0.15, -0.1) is 0 Å².